The average Bonchev–Trinajstić information content (AvgIpc) is 2.65. The molecule has 0 aliphatic carbocycles. The maximum atomic E-state index is 12.1. The molecule has 1 amide bonds. The van der Waals surface area contributed by atoms with Gasteiger partial charge in [-0.2, -0.15) is 5.10 Å². The third-order valence-electron chi connectivity index (χ3n) is 2.91. The molecule has 106 valence electrons. The van der Waals surface area contributed by atoms with E-state index in [-0.39, 0.29) is 0 Å². The zero-order chi connectivity index (χ0) is 14.8. The fraction of sp³-hybridized carbons (Fsp3) is 0.615. The van der Waals surface area contributed by atoms with Gasteiger partial charge in [-0.3, -0.25) is 9.48 Å². The quantitative estimate of drug-likeness (QED) is 0.858. The summed E-state index contributed by atoms with van der Waals surface area (Å²) in [6.07, 6.45) is 0.725. The molecule has 19 heavy (non-hydrogen) atoms. The molecule has 0 saturated carbocycles. The van der Waals surface area contributed by atoms with Crippen molar-refractivity contribution in [1.29, 1.82) is 0 Å². The first-order valence-electron chi connectivity index (χ1n) is 6.23. The van der Waals surface area contributed by atoms with Gasteiger partial charge in [-0.1, -0.05) is 27.7 Å². The lowest BCUT2D eigenvalue weighted by Gasteiger charge is -2.27. The molecule has 1 atom stereocenters. The van der Waals surface area contributed by atoms with Crippen LogP contribution in [0.3, 0.4) is 0 Å². The second-order valence-corrected chi connectivity index (χ2v) is 5.61. The summed E-state index contributed by atoms with van der Waals surface area (Å²) in [5.41, 5.74) is 0.607. The number of carboxylic acids is 1. The van der Waals surface area contributed by atoms with Gasteiger partial charge in [0.1, 0.15) is 11.7 Å². The van der Waals surface area contributed by atoms with Crippen molar-refractivity contribution in [3.05, 3.63) is 17.5 Å². The van der Waals surface area contributed by atoms with Crippen LogP contribution in [0.2, 0.25) is 0 Å². The average molecular weight is 267 g/mol. The summed E-state index contributed by atoms with van der Waals surface area (Å²) < 4.78 is 1.47. The Hall–Kier alpha value is -1.85. The van der Waals surface area contributed by atoms with Crippen LogP contribution in [-0.2, 0) is 18.3 Å². The lowest BCUT2D eigenvalue weighted by atomic mass is 9.86. The summed E-state index contributed by atoms with van der Waals surface area (Å²) in [5, 5.41) is 15.9. The van der Waals surface area contributed by atoms with E-state index in [4.69, 9.17) is 0 Å². The van der Waals surface area contributed by atoms with E-state index < -0.39 is 23.3 Å². The van der Waals surface area contributed by atoms with Gasteiger partial charge in [-0.25, -0.2) is 4.79 Å². The summed E-state index contributed by atoms with van der Waals surface area (Å²) in [6.45, 7) is 7.26. The standard InChI is InChI=1S/C13H21N3O3/c1-6-8-7-9(16(5)15-8)11(17)14-10(12(18)19)13(2,3)4/h7,10H,6H2,1-5H3,(H,14,17)(H,18,19)/t10-/m1/s1. The Labute approximate surface area is 112 Å². The normalized spacial score (nSPS) is 13.1. The Morgan fingerprint density at radius 2 is 2.05 bits per heavy atom. The summed E-state index contributed by atoms with van der Waals surface area (Å²) in [5.74, 6) is -1.46. The van der Waals surface area contributed by atoms with Crippen LogP contribution in [0, 0.1) is 5.41 Å². The Bertz CT molecular complexity index is 486. The molecule has 0 spiro atoms. The highest BCUT2D eigenvalue weighted by Crippen LogP contribution is 2.20. The monoisotopic (exact) mass is 267 g/mol. The molecule has 1 aromatic rings. The number of hydrogen-bond acceptors (Lipinski definition) is 3. The van der Waals surface area contributed by atoms with Crippen LogP contribution in [0.4, 0.5) is 0 Å². The van der Waals surface area contributed by atoms with Crippen LogP contribution in [0.25, 0.3) is 0 Å². The number of hydrogen-bond donors (Lipinski definition) is 2. The predicted molar refractivity (Wildman–Crippen MR) is 70.9 cm³/mol. The van der Waals surface area contributed by atoms with Crippen molar-refractivity contribution >= 4 is 11.9 Å². The molecule has 1 rings (SSSR count). The van der Waals surface area contributed by atoms with Crippen molar-refractivity contribution in [1.82, 2.24) is 15.1 Å². The highest BCUT2D eigenvalue weighted by molar-refractivity contribution is 5.95. The lowest BCUT2D eigenvalue weighted by Crippen LogP contribution is -2.49. The van der Waals surface area contributed by atoms with Gasteiger partial charge in [0, 0.05) is 7.05 Å². The minimum Gasteiger partial charge on any atom is -0.480 e. The number of carbonyl (C=O) groups excluding carboxylic acids is 1. The molecule has 0 aliphatic heterocycles. The fourth-order valence-electron chi connectivity index (χ4n) is 1.77. The Balaban J connectivity index is 2.94. The van der Waals surface area contributed by atoms with Crippen LogP contribution in [0.15, 0.2) is 6.07 Å². The number of carboxylic acid groups (broad SMARTS) is 1. The first-order chi connectivity index (χ1) is 8.66. The second-order valence-electron chi connectivity index (χ2n) is 5.61. The van der Waals surface area contributed by atoms with Gasteiger partial charge >= 0.3 is 5.97 Å². The van der Waals surface area contributed by atoms with Crippen molar-refractivity contribution < 1.29 is 14.7 Å². The fourth-order valence-corrected chi connectivity index (χ4v) is 1.77. The zero-order valence-corrected chi connectivity index (χ0v) is 12.0. The summed E-state index contributed by atoms with van der Waals surface area (Å²) in [7, 11) is 1.67. The molecule has 0 aromatic carbocycles. The van der Waals surface area contributed by atoms with E-state index in [0.29, 0.717) is 5.69 Å². The van der Waals surface area contributed by atoms with E-state index in [2.05, 4.69) is 10.4 Å². The minimum absolute atomic E-state index is 0.368. The molecule has 0 radical (unpaired) electrons. The van der Waals surface area contributed by atoms with Crippen LogP contribution in [0.1, 0.15) is 43.9 Å². The van der Waals surface area contributed by atoms with Crippen molar-refractivity contribution in [3.8, 4) is 0 Å². The number of aromatic nitrogens is 2. The lowest BCUT2D eigenvalue weighted by molar-refractivity contribution is -0.142. The SMILES string of the molecule is CCc1cc(C(=O)N[C@H](C(=O)O)C(C)(C)C)n(C)n1. The third-order valence-corrected chi connectivity index (χ3v) is 2.91. The molecule has 0 fully saturated rings. The molecule has 0 bridgehead atoms. The number of nitrogens with one attached hydrogen (secondary N) is 1. The zero-order valence-electron chi connectivity index (χ0n) is 12.0. The minimum atomic E-state index is -1.04. The topological polar surface area (TPSA) is 84.2 Å². The molecule has 1 aromatic heterocycles. The summed E-state index contributed by atoms with van der Waals surface area (Å²) >= 11 is 0. The first kappa shape index (κ1) is 15.2. The van der Waals surface area contributed by atoms with Crippen LogP contribution >= 0.6 is 0 Å². The maximum absolute atomic E-state index is 12.1. The number of amides is 1. The van der Waals surface area contributed by atoms with Crippen molar-refractivity contribution in [2.45, 2.75) is 40.2 Å². The van der Waals surface area contributed by atoms with Crippen molar-refractivity contribution in [2.75, 3.05) is 0 Å². The van der Waals surface area contributed by atoms with Gasteiger partial charge in [0.25, 0.3) is 5.91 Å². The third kappa shape index (κ3) is 3.56. The summed E-state index contributed by atoms with van der Waals surface area (Å²) in [6, 6.07) is 0.733. The number of aliphatic carboxylic acids is 1. The number of rotatable bonds is 4. The van der Waals surface area contributed by atoms with E-state index in [0.717, 1.165) is 12.1 Å². The predicted octanol–water partition coefficient (Wildman–Crippen LogP) is 1.21. The molecule has 6 nitrogen and oxygen atoms in total. The Kier molecular flexibility index (Phi) is 4.34. The highest BCUT2D eigenvalue weighted by atomic mass is 16.4. The second kappa shape index (κ2) is 5.42. The van der Waals surface area contributed by atoms with Crippen LogP contribution in [-0.4, -0.2) is 32.8 Å². The summed E-state index contributed by atoms with van der Waals surface area (Å²) in [4.78, 5) is 23.3. The molecule has 0 unspecified atom stereocenters. The molecule has 1 heterocycles. The molecular weight excluding hydrogens is 246 g/mol. The van der Waals surface area contributed by atoms with Crippen LogP contribution in [0.5, 0.6) is 0 Å². The van der Waals surface area contributed by atoms with Gasteiger partial charge in [-0.05, 0) is 17.9 Å². The van der Waals surface area contributed by atoms with Gasteiger partial charge in [-0.15, -0.1) is 0 Å². The van der Waals surface area contributed by atoms with Crippen LogP contribution < -0.4 is 5.32 Å². The van der Waals surface area contributed by atoms with Crippen molar-refractivity contribution in [3.63, 3.8) is 0 Å². The van der Waals surface area contributed by atoms with Gasteiger partial charge < -0.3 is 10.4 Å². The van der Waals surface area contributed by atoms with E-state index in [1.807, 2.05) is 6.92 Å². The van der Waals surface area contributed by atoms with Gasteiger partial charge in [0.15, 0.2) is 0 Å². The van der Waals surface area contributed by atoms with Gasteiger partial charge in [0.05, 0.1) is 5.69 Å². The van der Waals surface area contributed by atoms with E-state index in [1.54, 1.807) is 33.9 Å². The Morgan fingerprint density at radius 3 is 2.42 bits per heavy atom. The molecular formula is C13H21N3O3. The molecule has 0 aliphatic rings. The number of nitrogens with zero attached hydrogens (tertiary/aromatic N) is 2. The first-order valence-corrected chi connectivity index (χ1v) is 6.23. The Morgan fingerprint density at radius 1 is 1.47 bits per heavy atom. The highest BCUT2D eigenvalue weighted by Gasteiger charge is 2.33. The molecule has 2 N–H and O–H groups in total. The van der Waals surface area contributed by atoms with E-state index in [9.17, 15) is 14.7 Å². The number of aryl methyl sites for hydroxylation is 2. The molecule has 0 saturated heterocycles. The van der Waals surface area contributed by atoms with Gasteiger partial charge in [0.2, 0.25) is 0 Å². The van der Waals surface area contributed by atoms with E-state index >= 15 is 0 Å². The number of carbonyl (C=O) groups is 2. The molecule has 6 heteroatoms. The smallest absolute Gasteiger partial charge is 0.326 e. The maximum Gasteiger partial charge on any atom is 0.326 e. The van der Waals surface area contributed by atoms with E-state index in [1.165, 1.54) is 4.68 Å². The largest absolute Gasteiger partial charge is 0.480 e. The van der Waals surface area contributed by atoms with Crippen molar-refractivity contribution in [2.24, 2.45) is 12.5 Å².